The van der Waals surface area contributed by atoms with Gasteiger partial charge < -0.3 is 0 Å². The number of rotatable bonds is 4. The summed E-state index contributed by atoms with van der Waals surface area (Å²) in [6.45, 7) is 0. The molecule has 1 aliphatic rings. The topological polar surface area (TPSA) is 90.3 Å². The van der Waals surface area contributed by atoms with Crippen LogP contribution < -0.4 is 4.83 Å². The predicted octanol–water partition coefficient (Wildman–Crippen LogP) is 1.76. The molecular formula is C17H13N3O3S. The van der Waals surface area contributed by atoms with Crippen molar-refractivity contribution in [1.82, 2.24) is 9.84 Å². The minimum Gasteiger partial charge on any atom is -0.267 e. The van der Waals surface area contributed by atoms with Crippen molar-refractivity contribution in [2.75, 3.05) is 0 Å². The Balaban J connectivity index is 2.02. The first kappa shape index (κ1) is 15.9. The lowest BCUT2D eigenvalue weighted by Crippen LogP contribution is -2.46. The summed E-state index contributed by atoms with van der Waals surface area (Å²) in [6, 6.07) is 16.7. The highest BCUT2D eigenvalue weighted by Crippen LogP contribution is 2.22. The Labute approximate surface area is 139 Å². The van der Waals surface area contributed by atoms with E-state index in [0.29, 0.717) is 4.90 Å². The van der Waals surface area contributed by atoms with Gasteiger partial charge in [-0.15, -0.1) is 4.83 Å². The van der Waals surface area contributed by atoms with Crippen molar-refractivity contribution in [1.29, 1.82) is 5.26 Å². The highest BCUT2D eigenvalue weighted by Gasteiger charge is 2.37. The zero-order valence-electron chi connectivity index (χ0n) is 12.5. The average Bonchev–Trinajstić information content (AvgIpc) is 2.86. The lowest BCUT2D eigenvalue weighted by Gasteiger charge is -2.20. The summed E-state index contributed by atoms with van der Waals surface area (Å²) in [5.41, 5.74) is 0.509. The summed E-state index contributed by atoms with van der Waals surface area (Å²) in [6.07, 6.45) is -0.0934. The summed E-state index contributed by atoms with van der Waals surface area (Å²) in [7, 11) is -3.11. The Bertz CT molecular complexity index is 935. The van der Waals surface area contributed by atoms with E-state index in [2.05, 4.69) is 4.83 Å². The summed E-state index contributed by atoms with van der Waals surface area (Å²) in [5, 5.41) is 10.8. The molecule has 1 unspecified atom stereocenters. The first-order valence-electron chi connectivity index (χ1n) is 7.11. The highest BCUT2D eigenvalue weighted by atomic mass is 32.2. The molecule has 1 heterocycles. The zero-order valence-corrected chi connectivity index (χ0v) is 13.3. The highest BCUT2D eigenvalue weighted by molar-refractivity contribution is 7.99. The molecule has 0 aliphatic carbocycles. The molecule has 2 amide bonds. The van der Waals surface area contributed by atoms with E-state index in [9.17, 15) is 13.8 Å². The summed E-state index contributed by atoms with van der Waals surface area (Å²) >= 11 is 0. The molecule has 0 saturated carbocycles. The number of fused-ring (bicyclic) bond motifs is 1. The van der Waals surface area contributed by atoms with Crippen LogP contribution in [0.4, 0.5) is 0 Å². The molecule has 0 aromatic heterocycles. The second kappa shape index (κ2) is 6.28. The van der Waals surface area contributed by atoms with Gasteiger partial charge in [0.05, 0.1) is 33.3 Å². The van der Waals surface area contributed by atoms with Crippen LogP contribution in [0.5, 0.6) is 0 Å². The molecule has 2 aromatic carbocycles. The van der Waals surface area contributed by atoms with E-state index in [1.165, 1.54) is 5.37 Å². The number of carbonyl (C=O) groups is 2. The number of amides is 2. The number of imide groups is 1. The van der Waals surface area contributed by atoms with Gasteiger partial charge in [0, 0.05) is 10.3 Å². The van der Waals surface area contributed by atoms with Gasteiger partial charge in [0.15, 0.2) is 0 Å². The zero-order chi connectivity index (χ0) is 17.2. The van der Waals surface area contributed by atoms with Crippen molar-refractivity contribution in [2.45, 2.75) is 11.3 Å². The van der Waals surface area contributed by atoms with Crippen LogP contribution in [0.1, 0.15) is 27.1 Å². The molecule has 7 heteroatoms. The smallest absolute Gasteiger partial charge is 0.267 e. The number of nitriles is 1. The van der Waals surface area contributed by atoms with Gasteiger partial charge in [-0.05, 0) is 24.3 Å². The monoisotopic (exact) mass is 339 g/mol. The van der Waals surface area contributed by atoms with E-state index < -0.39 is 21.5 Å². The Hall–Kier alpha value is -2.95. The van der Waals surface area contributed by atoms with E-state index in [1.807, 2.05) is 6.07 Å². The van der Waals surface area contributed by atoms with Crippen LogP contribution in [0.3, 0.4) is 0 Å². The van der Waals surface area contributed by atoms with Gasteiger partial charge in [-0.1, -0.05) is 30.3 Å². The minimum atomic E-state index is -3.11. The largest absolute Gasteiger partial charge is 0.276 e. The lowest BCUT2D eigenvalue weighted by molar-refractivity contribution is 0.0621. The van der Waals surface area contributed by atoms with Crippen molar-refractivity contribution in [2.24, 2.45) is 0 Å². The van der Waals surface area contributed by atoms with Gasteiger partial charge in [-0.25, -0.2) is 4.21 Å². The molecule has 1 atom stereocenters. The van der Waals surface area contributed by atoms with Crippen molar-refractivity contribution < 1.29 is 13.8 Å². The maximum absolute atomic E-state index is 13.3. The summed E-state index contributed by atoms with van der Waals surface area (Å²) < 4.78 is 13.3. The molecule has 0 bridgehead atoms. The SMILES string of the molecule is N#CCC=S(=O)(NN1C(=O)c2ccccc2C1=O)c1ccccc1. The molecule has 1 N–H and O–H groups in total. The van der Waals surface area contributed by atoms with E-state index in [4.69, 9.17) is 5.26 Å². The number of benzene rings is 2. The Morgan fingerprint density at radius 1 is 1.00 bits per heavy atom. The molecular weight excluding hydrogens is 326 g/mol. The van der Waals surface area contributed by atoms with Crippen molar-refractivity contribution in [3.8, 4) is 6.07 Å². The fourth-order valence-electron chi connectivity index (χ4n) is 2.37. The maximum Gasteiger partial charge on any atom is 0.276 e. The number of hydrogen-bond donors (Lipinski definition) is 1. The Kier molecular flexibility index (Phi) is 4.16. The molecule has 1 aliphatic heterocycles. The van der Waals surface area contributed by atoms with Gasteiger partial charge in [0.25, 0.3) is 11.8 Å². The van der Waals surface area contributed by atoms with Gasteiger partial charge >= 0.3 is 0 Å². The van der Waals surface area contributed by atoms with Crippen LogP contribution in [0, 0.1) is 11.3 Å². The standard InChI is InChI=1S/C17H13N3O3S/c18-11-6-12-24(23,13-7-2-1-3-8-13)19-20-16(21)14-9-4-5-10-15(14)17(20)22/h1-5,7-10,12H,6H2,(H,19,23). The van der Waals surface area contributed by atoms with Crippen LogP contribution in [0.2, 0.25) is 0 Å². The van der Waals surface area contributed by atoms with E-state index >= 15 is 0 Å². The van der Waals surface area contributed by atoms with Crippen LogP contribution in [-0.2, 0) is 9.71 Å². The molecule has 120 valence electrons. The van der Waals surface area contributed by atoms with Crippen molar-refractivity contribution in [3.05, 3.63) is 65.7 Å². The molecule has 0 radical (unpaired) electrons. The molecule has 6 nitrogen and oxygen atoms in total. The normalized spacial score (nSPS) is 15.5. The van der Waals surface area contributed by atoms with Gasteiger partial charge in [0.2, 0.25) is 0 Å². The molecule has 0 fully saturated rings. The fourth-order valence-corrected chi connectivity index (χ4v) is 4.05. The molecule has 3 rings (SSSR count). The second-order valence-corrected chi connectivity index (χ2v) is 7.21. The van der Waals surface area contributed by atoms with Crippen LogP contribution in [0.25, 0.3) is 0 Å². The molecule has 2 aromatic rings. The van der Waals surface area contributed by atoms with Gasteiger partial charge in [-0.2, -0.15) is 10.3 Å². The van der Waals surface area contributed by atoms with Gasteiger partial charge in [-0.3, -0.25) is 9.59 Å². The van der Waals surface area contributed by atoms with Crippen LogP contribution in [-0.4, -0.2) is 26.4 Å². The van der Waals surface area contributed by atoms with Crippen LogP contribution in [0.15, 0.2) is 59.5 Å². The molecule has 24 heavy (non-hydrogen) atoms. The third kappa shape index (κ3) is 2.69. The lowest BCUT2D eigenvalue weighted by atomic mass is 10.1. The Morgan fingerprint density at radius 3 is 2.08 bits per heavy atom. The second-order valence-electron chi connectivity index (χ2n) is 5.03. The number of nitrogens with one attached hydrogen (secondary N) is 1. The first-order valence-corrected chi connectivity index (χ1v) is 8.73. The average molecular weight is 339 g/mol. The third-order valence-corrected chi connectivity index (χ3v) is 5.59. The van der Waals surface area contributed by atoms with Crippen molar-refractivity contribution in [3.63, 3.8) is 0 Å². The quantitative estimate of drug-likeness (QED) is 0.679. The van der Waals surface area contributed by atoms with Crippen molar-refractivity contribution >= 4 is 26.9 Å². The van der Waals surface area contributed by atoms with E-state index in [1.54, 1.807) is 54.6 Å². The summed E-state index contributed by atoms with van der Waals surface area (Å²) in [4.78, 5) is 27.8. The number of carbonyl (C=O) groups excluding carboxylic acids is 2. The third-order valence-electron chi connectivity index (χ3n) is 3.52. The number of hydrogen-bond acceptors (Lipinski definition) is 4. The van der Waals surface area contributed by atoms with Crippen LogP contribution >= 0.6 is 0 Å². The summed E-state index contributed by atoms with van der Waals surface area (Å²) in [5.74, 6) is -1.13. The van der Waals surface area contributed by atoms with Gasteiger partial charge in [0.1, 0.15) is 0 Å². The van der Waals surface area contributed by atoms with E-state index in [0.717, 1.165) is 5.01 Å². The minimum absolute atomic E-state index is 0.0934. The first-order chi connectivity index (χ1) is 11.6. The molecule has 0 saturated heterocycles. The molecule has 0 spiro atoms. The Morgan fingerprint density at radius 2 is 1.54 bits per heavy atom. The maximum atomic E-state index is 13.3. The number of hydrazine groups is 1. The number of nitrogens with zero attached hydrogens (tertiary/aromatic N) is 2. The predicted molar refractivity (Wildman–Crippen MR) is 89.2 cm³/mol. The van der Waals surface area contributed by atoms with E-state index in [-0.39, 0.29) is 17.5 Å². The fraction of sp³-hybridized carbons (Fsp3) is 0.0588.